The van der Waals surface area contributed by atoms with Crippen LogP contribution in [0.15, 0.2) is 30.6 Å². The van der Waals surface area contributed by atoms with Gasteiger partial charge in [0.2, 0.25) is 10.0 Å². The molecule has 126 valence electrons. The van der Waals surface area contributed by atoms with Crippen LogP contribution in [0, 0.1) is 0 Å². The molecule has 2 amide bonds. The normalized spacial score (nSPS) is 14.2. The second kappa shape index (κ2) is 6.17. The summed E-state index contributed by atoms with van der Waals surface area (Å²) < 4.78 is 24.9. The molecular formula is C15H17N5O3S. The summed E-state index contributed by atoms with van der Waals surface area (Å²) in [6.07, 6.45) is 2.53. The molecule has 0 spiro atoms. The minimum atomic E-state index is -3.26. The van der Waals surface area contributed by atoms with Gasteiger partial charge in [-0.05, 0) is 11.6 Å². The molecule has 0 atom stereocenters. The van der Waals surface area contributed by atoms with Gasteiger partial charge in [0.15, 0.2) is 0 Å². The van der Waals surface area contributed by atoms with Crippen molar-refractivity contribution in [3.63, 3.8) is 0 Å². The van der Waals surface area contributed by atoms with Gasteiger partial charge in [0.05, 0.1) is 18.5 Å². The van der Waals surface area contributed by atoms with Crippen molar-refractivity contribution in [2.45, 2.75) is 13.1 Å². The zero-order valence-corrected chi connectivity index (χ0v) is 14.1. The Kier molecular flexibility index (Phi) is 4.20. The van der Waals surface area contributed by atoms with Crippen LogP contribution in [0.5, 0.6) is 0 Å². The molecular weight excluding hydrogens is 330 g/mol. The molecule has 2 aromatic rings. The van der Waals surface area contributed by atoms with Crippen LogP contribution in [0.4, 0.5) is 10.6 Å². The third-order valence-electron chi connectivity index (χ3n) is 3.65. The first-order chi connectivity index (χ1) is 11.3. The molecule has 2 N–H and O–H groups in total. The van der Waals surface area contributed by atoms with E-state index < -0.39 is 10.0 Å². The topological polar surface area (TPSA) is 104 Å². The average molecular weight is 347 g/mol. The lowest BCUT2D eigenvalue weighted by Crippen LogP contribution is -2.36. The van der Waals surface area contributed by atoms with Crippen molar-refractivity contribution >= 4 is 21.9 Å². The highest BCUT2D eigenvalue weighted by Gasteiger charge is 2.24. The van der Waals surface area contributed by atoms with Crippen molar-refractivity contribution < 1.29 is 13.2 Å². The monoisotopic (exact) mass is 347 g/mol. The molecule has 8 nitrogen and oxygen atoms in total. The lowest BCUT2D eigenvalue weighted by atomic mass is 10.0. The first kappa shape index (κ1) is 16.3. The number of nitrogens with one attached hydrogen (secondary N) is 2. The van der Waals surface area contributed by atoms with Gasteiger partial charge in [-0.25, -0.2) is 27.9 Å². The van der Waals surface area contributed by atoms with E-state index in [4.69, 9.17) is 0 Å². The number of aromatic nitrogens is 2. The van der Waals surface area contributed by atoms with E-state index in [-0.39, 0.29) is 12.6 Å². The fourth-order valence-electron chi connectivity index (χ4n) is 2.47. The summed E-state index contributed by atoms with van der Waals surface area (Å²) in [6.45, 7) is 0.611. The minimum absolute atomic E-state index is 0.205. The Morgan fingerprint density at radius 2 is 2.12 bits per heavy atom. The van der Waals surface area contributed by atoms with Crippen molar-refractivity contribution in [2.24, 2.45) is 0 Å². The number of carbonyl (C=O) groups excluding carboxylic acids is 1. The van der Waals surface area contributed by atoms with Crippen LogP contribution in [-0.2, 0) is 23.1 Å². The lowest BCUT2D eigenvalue weighted by molar-refractivity contribution is 0.218. The molecule has 24 heavy (non-hydrogen) atoms. The number of nitrogens with zero attached hydrogens (tertiary/aromatic N) is 3. The van der Waals surface area contributed by atoms with Crippen molar-refractivity contribution in [2.75, 3.05) is 18.6 Å². The second-order valence-corrected chi connectivity index (χ2v) is 7.46. The van der Waals surface area contributed by atoms with E-state index in [2.05, 4.69) is 20.0 Å². The third kappa shape index (κ3) is 3.52. The lowest BCUT2D eigenvalue weighted by Gasteiger charge is -2.26. The fourth-order valence-corrected chi connectivity index (χ4v) is 2.90. The molecule has 0 aliphatic carbocycles. The number of hydrogen-bond acceptors (Lipinski definition) is 5. The van der Waals surface area contributed by atoms with Crippen LogP contribution < -0.4 is 10.0 Å². The van der Waals surface area contributed by atoms with Crippen molar-refractivity contribution in [1.29, 1.82) is 0 Å². The largest absolute Gasteiger partial charge is 0.323 e. The first-order valence-corrected chi connectivity index (χ1v) is 9.12. The highest BCUT2D eigenvalue weighted by molar-refractivity contribution is 7.88. The van der Waals surface area contributed by atoms with Crippen molar-refractivity contribution in [3.05, 3.63) is 41.7 Å². The summed E-state index contributed by atoms with van der Waals surface area (Å²) in [7, 11) is -1.56. The smallest absolute Gasteiger partial charge is 0.323 e. The van der Waals surface area contributed by atoms with Gasteiger partial charge in [-0.3, -0.25) is 5.32 Å². The molecule has 1 aliphatic heterocycles. The Morgan fingerprint density at radius 1 is 1.33 bits per heavy atom. The number of carbonyl (C=O) groups is 1. The van der Waals surface area contributed by atoms with E-state index in [1.165, 1.54) is 6.33 Å². The molecule has 1 aromatic carbocycles. The van der Waals surface area contributed by atoms with Gasteiger partial charge in [0.25, 0.3) is 0 Å². The van der Waals surface area contributed by atoms with E-state index >= 15 is 0 Å². The maximum absolute atomic E-state index is 11.7. The standard InChI is InChI=1S/C15H17N5O3S/c1-20-8-12-13(16-9-17-14(12)19-15(20)21)11-5-3-4-10(6-11)7-18-24(2,22)23/h3-6,9,18H,7-8H2,1-2H3,(H,16,17,19,21). The Labute approximate surface area is 140 Å². The van der Waals surface area contributed by atoms with Crippen LogP contribution in [0.2, 0.25) is 0 Å². The van der Waals surface area contributed by atoms with E-state index in [1.807, 2.05) is 24.3 Å². The highest BCUT2D eigenvalue weighted by atomic mass is 32.2. The zero-order valence-electron chi connectivity index (χ0n) is 13.3. The van der Waals surface area contributed by atoms with Crippen molar-refractivity contribution in [3.8, 4) is 11.3 Å². The van der Waals surface area contributed by atoms with Crippen molar-refractivity contribution in [1.82, 2.24) is 19.6 Å². The molecule has 1 aromatic heterocycles. The predicted octanol–water partition coefficient (Wildman–Crippen LogP) is 1.17. The minimum Gasteiger partial charge on any atom is -0.323 e. The number of fused-ring (bicyclic) bond motifs is 1. The van der Waals surface area contributed by atoms with Crippen LogP contribution in [0.25, 0.3) is 11.3 Å². The summed E-state index contributed by atoms with van der Waals surface area (Å²) in [6, 6.07) is 7.23. The molecule has 9 heteroatoms. The van der Waals surface area contributed by atoms with Crippen LogP contribution in [0.3, 0.4) is 0 Å². The van der Waals surface area contributed by atoms with Crippen LogP contribution in [-0.4, -0.2) is 42.6 Å². The van der Waals surface area contributed by atoms with E-state index in [0.717, 1.165) is 22.9 Å². The van der Waals surface area contributed by atoms with Gasteiger partial charge >= 0.3 is 6.03 Å². The van der Waals surface area contributed by atoms with Crippen LogP contribution in [0.1, 0.15) is 11.1 Å². The summed E-state index contributed by atoms with van der Waals surface area (Å²) in [4.78, 5) is 21.7. The summed E-state index contributed by atoms with van der Waals surface area (Å²) >= 11 is 0. The van der Waals surface area contributed by atoms with Gasteiger partial charge in [-0.2, -0.15) is 0 Å². The number of anilines is 1. The van der Waals surface area contributed by atoms with Gasteiger partial charge in [0, 0.05) is 24.7 Å². The first-order valence-electron chi connectivity index (χ1n) is 7.23. The Bertz CT molecular complexity index is 898. The SMILES string of the molecule is CN1Cc2c(ncnc2-c2cccc(CNS(C)(=O)=O)c2)NC1=O. The molecule has 1 aliphatic rings. The number of urea groups is 1. The number of benzene rings is 1. The Hall–Kier alpha value is -2.52. The molecule has 2 heterocycles. The number of hydrogen-bond donors (Lipinski definition) is 2. The van der Waals surface area contributed by atoms with Crippen LogP contribution >= 0.6 is 0 Å². The predicted molar refractivity (Wildman–Crippen MR) is 89.6 cm³/mol. The average Bonchev–Trinajstić information content (AvgIpc) is 2.53. The second-order valence-electron chi connectivity index (χ2n) is 5.63. The molecule has 0 radical (unpaired) electrons. The highest BCUT2D eigenvalue weighted by Crippen LogP contribution is 2.29. The van der Waals surface area contributed by atoms with E-state index in [9.17, 15) is 13.2 Å². The zero-order chi connectivity index (χ0) is 17.3. The summed E-state index contributed by atoms with van der Waals surface area (Å²) in [5, 5.41) is 2.72. The molecule has 0 saturated carbocycles. The third-order valence-corrected chi connectivity index (χ3v) is 4.32. The summed E-state index contributed by atoms with van der Waals surface area (Å²) in [5.74, 6) is 0.503. The number of rotatable bonds is 4. The maximum atomic E-state index is 11.7. The maximum Gasteiger partial charge on any atom is 0.323 e. The molecule has 0 unspecified atom stereocenters. The molecule has 0 saturated heterocycles. The molecule has 3 rings (SSSR count). The Morgan fingerprint density at radius 3 is 2.88 bits per heavy atom. The van der Waals surface area contributed by atoms with E-state index in [0.29, 0.717) is 18.1 Å². The number of sulfonamides is 1. The molecule has 0 bridgehead atoms. The van der Waals surface area contributed by atoms with Gasteiger partial charge in [-0.15, -0.1) is 0 Å². The fraction of sp³-hybridized carbons (Fsp3) is 0.267. The van der Waals surface area contributed by atoms with Gasteiger partial charge in [-0.1, -0.05) is 18.2 Å². The Balaban J connectivity index is 1.96. The van der Waals surface area contributed by atoms with Gasteiger partial charge in [0.1, 0.15) is 12.1 Å². The molecule has 0 fully saturated rings. The number of amides is 2. The van der Waals surface area contributed by atoms with E-state index in [1.54, 1.807) is 11.9 Å². The quantitative estimate of drug-likeness (QED) is 0.864. The van der Waals surface area contributed by atoms with Gasteiger partial charge < -0.3 is 4.90 Å². The summed E-state index contributed by atoms with van der Waals surface area (Å²) in [5.41, 5.74) is 3.20.